The molecular formula is C19H42O5. The quantitative estimate of drug-likeness (QED) is 0.533. The monoisotopic (exact) mass is 350 g/mol. The van der Waals surface area contributed by atoms with E-state index in [1.807, 2.05) is 34.6 Å². The molecule has 0 saturated heterocycles. The van der Waals surface area contributed by atoms with Gasteiger partial charge in [-0.15, -0.1) is 13.2 Å². The van der Waals surface area contributed by atoms with Crippen molar-refractivity contribution in [1.29, 1.82) is 0 Å². The molecule has 0 radical (unpaired) electrons. The van der Waals surface area contributed by atoms with Gasteiger partial charge >= 0.3 is 5.97 Å². The van der Waals surface area contributed by atoms with Crippen molar-refractivity contribution in [2.75, 3.05) is 33.0 Å². The fraction of sp³-hybridized carbons (Fsp3) is 0.737. The molecule has 0 fully saturated rings. The lowest BCUT2D eigenvalue weighted by Gasteiger charge is -1.97. The molecule has 0 aromatic heterocycles. The number of allylic oxidation sites excluding steroid dienone is 2. The molecule has 5 nitrogen and oxygen atoms in total. The van der Waals surface area contributed by atoms with Gasteiger partial charge < -0.3 is 19.7 Å². The molecule has 0 aliphatic rings. The highest BCUT2D eigenvalue weighted by Crippen LogP contribution is 1.95. The summed E-state index contributed by atoms with van der Waals surface area (Å²) in [5.74, 6) is -0.0700. The van der Waals surface area contributed by atoms with Gasteiger partial charge in [-0.05, 0) is 41.0 Å². The topological polar surface area (TPSA) is 76.0 Å². The van der Waals surface area contributed by atoms with Gasteiger partial charge in [0, 0.05) is 19.6 Å². The van der Waals surface area contributed by atoms with Crippen LogP contribution in [0.5, 0.6) is 0 Å². The second-order valence-electron chi connectivity index (χ2n) is 3.95. The zero-order chi connectivity index (χ0) is 20.1. The zero-order valence-corrected chi connectivity index (χ0v) is 16.8. The molecule has 0 unspecified atom stereocenters. The Morgan fingerprint density at radius 1 is 0.917 bits per heavy atom. The highest BCUT2D eigenvalue weighted by Gasteiger charge is 1.97. The van der Waals surface area contributed by atoms with Gasteiger partial charge in [-0.1, -0.05) is 25.5 Å². The molecule has 0 heterocycles. The molecule has 0 spiro atoms. The van der Waals surface area contributed by atoms with E-state index >= 15 is 0 Å². The number of carbonyl (C=O) groups is 1. The number of aliphatic hydroxyl groups is 2. The number of unbranched alkanes of at least 4 members (excludes halogenated alkanes) is 1. The lowest BCUT2D eigenvalue weighted by molar-refractivity contribution is -0.143. The SMILES string of the molecule is C=CC.C=CC.CCCCC(=O)OCC.CCOCC.OCCO. The van der Waals surface area contributed by atoms with Gasteiger partial charge in [0.25, 0.3) is 0 Å². The third kappa shape index (κ3) is 105. The fourth-order valence-electron chi connectivity index (χ4n) is 0.758. The Morgan fingerprint density at radius 3 is 1.46 bits per heavy atom. The summed E-state index contributed by atoms with van der Waals surface area (Å²) in [6.45, 7) is 20.3. The zero-order valence-electron chi connectivity index (χ0n) is 16.8. The molecule has 24 heavy (non-hydrogen) atoms. The predicted molar refractivity (Wildman–Crippen MR) is 104 cm³/mol. The second kappa shape index (κ2) is 49.5. The molecule has 0 aromatic carbocycles. The van der Waals surface area contributed by atoms with Crippen LogP contribution in [0.2, 0.25) is 0 Å². The molecule has 0 amide bonds. The van der Waals surface area contributed by atoms with Crippen molar-refractivity contribution < 1.29 is 24.5 Å². The van der Waals surface area contributed by atoms with Crippen LogP contribution >= 0.6 is 0 Å². The van der Waals surface area contributed by atoms with E-state index in [9.17, 15) is 4.79 Å². The number of aliphatic hydroxyl groups excluding tert-OH is 2. The van der Waals surface area contributed by atoms with Crippen molar-refractivity contribution in [3.63, 3.8) is 0 Å². The van der Waals surface area contributed by atoms with Crippen LogP contribution in [0.15, 0.2) is 25.3 Å². The Kier molecular flexibility index (Phi) is 70.6. The number of ether oxygens (including phenoxy) is 2. The highest BCUT2D eigenvalue weighted by atomic mass is 16.5. The van der Waals surface area contributed by atoms with Crippen molar-refractivity contribution in [2.24, 2.45) is 0 Å². The first-order valence-corrected chi connectivity index (χ1v) is 8.56. The van der Waals surface area contributed by atoms with E-state index in [1.54, 1.807) is 12.2 Å². The molecule has 148 valence electrons. The van der Waals surface area contributed by atoms with E-state index in [4.69, 9.17) is 19.7 Å². The maximum Gasteiger partial charge on any atom is 0.305 e. The van der Waals surface area contributed by atoms with Crippen LogP contribution in [-0.4, -0.2) is 49.2 Å². The molecule has 0 aromatic rings. The first-order chi connectivity index (χ1) is 11.5. The van der Waals surface area contributed by atoms with Crippen LogP contribution in [0.4, 0.5) is 0 Å². The van der Waals surface area contributed by atoms with E-state index in [0.717, 1.165) is 26.1 Å². The van der Waals surface area contributed by atoms with Crippen LogP contribution in [0.25, 0.3) is 0 Å². The molecule has 2 N–H and O–H groups in total. The largest absolute Gasteiger partial charge is 0.466 e. The van der Waals surface area contributed by atoms with Crippen molar-refractivity contribution in [2.45, 2.75) is 60.8 Å². The van der Waals surface area contributed by atoms with Crippen molar-refractivity contribution in [3.05, 3.63) is 25.3 Å². The molecule has 0 saturated carbocycles. The summed E-state index contributed by atoms with van der Waals surface area (Å²) in [5.41, 5.74) is 0. The van der Waals surface area contributed by atoms with Crippen LogP contribution in [0.1, 0.15) is 60.8 Å². The third-order valence-electron chi connectivity index (χ3n) is 1.55. The Hall–Kier alpha value is -1.17. The molecule has 0 atom stereocenters. The first kappa shape index (κ1) is 34.2. The maximum absolute atomic E-state index is 10.6. The highest BCUT2D eigenvalue weighted by molar-refractivity contribution is 5.69. The smallest absolute Gasteiger partial charge is 0.305 e. The Balaban J connectivity index is -0.0000000687. The minimum Gasteiger partial charge on any atom is -0.466 e. The summed E-state index contributed by atoms with van der Waals surface area (Å²) in [6, 6.07) is 0. The summed E-state index contributed by atoms with van der Waals surface area (Å²) in [5, 5.41) is 15.2. The number of hydrogen-bond acceptors (Lipinski definition) is 5. The molecule has 5 heteroatoms. The van der Waals surface area contributed by atoms with E-state index in [2.05, 4.69) is 20.1 Å². The fourth-order valence-corrected chi connectivity index (χ4v) is 0.758. The van der Waals surface area contributed by atoms with E-state index < -0.39 is 0 Å². The summed E-state index contributed by atoms with van der Waals surface area (Å²) in [4.78, 5) is 10.6. The molecule has 0 aliphatic carbocycles. The van der Waals surface area contributed by atoms with Gasteiger partial charge in [0.1, 0.15) is 0 Å². The van der Waals surface area contributed by atoms with E-state index in [-0.39, 0.29) is 19.2 Å². The molecule has 0 bridgehead atoms. The van der Waals surface area contributed by atoms with Gasteiger partial charge in [-0.2, -0.15) is 0 Å². The molecular weight excluding hydrogens is 308 g/mol. The van der Waals surface area contributed by atoms with Gasteiger partial charge in [0.05, 0.1) is 19.8 Å². The van der Waals surface area contributed by atoms with Crippen LogP contribution in [0.3, 0.4) is 0 Å². The van der Waals surface area contributed by atoms with Gasteiger partial charge in [-0.25, -0.2) is 0 Å². The maximum atomic E-state index is 10.6. The van der Waals surface area contributed by atoms with Crippen LogP contribution < -0.4 is 0 Å². The predicted octanol–water partition coefficient (Wildman–Crippen LogP) is 4.14. The third-order valence-corrected chi connectivity index (χ3v) is 1.55. The average Bonchev–Trinajstić information content (AvgIpc) is 2.56. The summed E-state index contributed by atoms with van der Waals surface area (Å²) in [6.07, 6.45) is 6.07. The second-order valence-corrected chi connectivity index (χ2v) is 3.95. The molecule has 0 rings (SSSR count). The Morgan fingerprint density at radius 2 is 1.29 bits per heavy atom. The standard InChI is InChI=1S/C7H14O2.C4H10O.2C3H6.C2H6O2/c1-3-5-6-7(8)9-4-2;1-3-5-4-2;2*1-3-2;3-1-2-4/h3-6H2,1-2H3;3-4H2,1-2H3;2*3H,1H2,2H3;3-4H,1-2H2. The Labute approximate surface area is 150 Å². The van der Waals surface area contributed by atoms with Crippen molar-refractivity contribution >= 4 is 5.97 Å². The lowest BCUT2D eigenvalue weighted by atomic mass is 10.3. The average molecular weight is 351 g/mol. The number of hydrogen-bond donors (Lipinski definition) is 2. The van der Waals surface area contributed by atoms with Crippen LogP contribution in [0, 0.1) is 0 Å². The van der Waals surface area contributed by atoms with Gasteiger partial charge in [0.15, 0.2) is 0 Å². The van der Waals surface area contributed by atoms with Crippen molar-refractivity contribution in [1.82, 2.24) is 0 Å². The first-order valence-electron chi connectivity index (χ1n) is 8.56. The minimum atomic E-state index is -0.125. The number of carbonyl (C=O) groups excluding carboxylic acids is 1. The van der Waals surface area contributed by atoms with Gasteiger partial charge in [0.2, 0.25) is 0 Å². The number of rotatable bonds is 7. The van der Waals surface area contributed by atoms with E-state index in [1.165, 1.54) is 0 Å². The van der Waals surface area contributed by atoms with Gasteiger partial charge in [-0.3, -0.25) is 4.79 Å². The molecule has 0 aliphatic heterocycles. The summed E-state index contributed by atoms with van der Waals surface area (Å²) >= 11 is 0. The summed E-state index contributed by atoms with van der Waals surface area (Å²) in [7, 11) is 0. The number of esters is 1. The van der Waals surface area contributed by atoms with Crippen molar-refractivity contribution in [3.8, 4) is 0 Å². The minimum absolute atomic E-state index is 0.0700. The lowest BCUT2D eigenvalue weighted by Crippen LogP contribution is -2.02. The van der Waals surface area contributed by atoms with E-state index in [0.29, 0.717) is 13.0 Å². The summed E-state index contributed by atoms with van der Waals surface area (Å²) < 4.78 is 9.54. The van der Waals surface area contributed by atoms with Crippen LogP contribution in [-0.2, 0) is 14.3 Å². The Bertz CT molecular complexity index is 196. The normalized spacial score (nSPS) is 7.50.